The Bertz CT molecular complexity index is 1840. The molecule has 3 aromatic heterocycles. The van der Waals surface area contributed by atoms with Gasteiger partial charge < -0.3 is 0 Å². The van der Waals surface area contributed by atoms with E-state index < -0.39 is 6.08 Å². The molecule has 33 heavy (non-hydrogen) atoms. The van der Waals surface area contributed by atoms with Crippen LogP contribution >= 0.6 is 11.3 Å². The van der Waals surface area contributed by atoms with Crippen molar-refractivity contribution in [1.29, 1.82) is 0 Å². The van der Waals surface area contributed by atoms with Crippen molar-refractivity contribution in [3.05, 3.63) is 97.1 Å². The predicted octanol–water partition coefficient (Wildman–Crippen LogP) is 7.14. The molecule has 0 atom stereocenters. The minimum Gasteiger partial charge on any atom is -0.276 e. The molecular formula is C27H15FN4S. The molecule has 0 radical (unpaired) electrons. The molecule has 0 amide bonds. The van der Waals surface area contributed by atoms with Crippen molar-refractivity contribution >= 4 is 53.3 Å². The number of fused-ring (bicyclic) bond motifs is 7. The minimum atomic E-state index is -0.798. The molecule has 0 spiro atoms. The zero-order valence-electron chi connectivity index (χ0n) is 17.2. The van der Waals surface area contributed by atoms with Crippen molar-refractivity contribution in [1.82, 2.24) is 19.5 Å². The third-order valence-corrected chi connectivity index (χ3v) is 7.20. The summed E-state index contributed by atoms with van der Waals surface area (Å²) >= 11 is 1.73. The second-order valence-electron chi connectivity index (χ2n) is 7.88. The first kappa shape index (κ1) is 18.4. The van der Waals surface area contributed by atoms with E-state index in [2.05, 4.69) is 52.4 Å². The van der Waals surface area contributed by atoms with Gasteiger partial charge in [0.15, 0.2) is 5.82 Å². The maximum Gasteiger partial charge on any atom is 0.313 e. The Balaban J connectivity index is 1.65. The molecule has 0 aliphatic rings. The summed E-state index contributed by atoms with van der Waals surface area (Å²) in [6.07, 6.45) is -0.798. The van der Waals surface area contributed by atoms with E-state index in [9.17, 15) is 4.39 Å². The van der Waals surface area contributed by atoms with Crippen LogP contribution in [0.1, 0.15) is 0 Å². The van der Waals surface area contributed by atoms with Crippen molar-refractivity contribution in [2.75, 3.05) is 0 Å². The standard InChI is InChI=1S/C27H15FN4S/c28-26-29-25(16-8-2-1-3-9-16)30-27(31-26)32-21-12-6-4-10-17(21)19-14-15-20-18-11-5-7-13-22(18)33-24(20)23(19)32/h1-15H. The molecule has 0 saturated heterocycles. The van der Waals surface area contributed by atoms with Gasteiger partial charge in [0.1, 0.15) is 0 Å². The Hall–Kier alpha value is -4.16. The number of thiophene rings is 1. The lowest BCUT2D eigenvalue weighted by Gasteiger charge is -2.08. The summed E-state index contributed by atoms with van der Waals surface area (Å²) in [4.78, 5) is 12.8. The van der Waals surface area contributed by atoms with E-state index in [1.165, 1.54) is 15.5 Å². The topological polar surface area (TPSA) is 43.6 Å². The molecule has 0 bridgehead atoms. The average Bonchev–Trinajstić information content (AvgIpc) is 3.40. The maximum absolute atomic E-state index is 14.7. The summed E-state index contributed by atoms with van der Waals surface area (Å²) in [5, 5.41) is 4.55. The number of nitrogens with zero attached hydrogens (tertiary/aromatic N) is 4. The van der Waals surface area contributed by atoms with Crippen LogP contribution in [0.15, 0.2) is 91.0 Å². The van der Waals surface area contributed by atoms with Crippen LogP contribution in [0.3, 0.4) is 0 Å². The Morgan fingerprint density at radius 3 is 2.24 bits per heavy atom. The molecule has 0 aliphatic heterocycles. The number of para-hydroxylation sites is 1. The van der Waals surface area contributed by atoms with E-state index in [1.807, 2.05) is 53.1 Å². The summed E-state index contributed by atoms with van der Waals surface area (Å²) in [6.45, 7) is 0. The molecule has 6 heteroatoms. The fourth-order valence-electron chi connectivity index (χ4n) is 4.59. The zero-order valence-corrected chi connectivity index (χ0v) is 18.1. The quantitative estimate of drug-likeness (QED) is 0.283. The highest BCUT2D eigenvalue weighted by atomic mass is 32.1. The van der Waals surface area contributed by atoms with Crippen LogP contribution in [0.2, 0.25) is 0 Å². The third-order valence-electron chi connectivity index (χ3n) is 6.01. The lowest BCUT2D eigenvalue weighted by molar-refractivity contribution is 0.531. The first-order chi connectivity index (χ1) is 16.3. The van der Waals surface area contributed by atoms with Gasteiger partial charge in [-0.15, -0.1) is 11.3 Å². The molecule has 7 rings (SSSR count). The third kappa shape index (κ3) is 2.71. The maximum atomic E-state index is 14.7. The van der Waals surface area contributed by atoms with Gasteiger partial charge in [0.05, 0.1) is 15.7 Å². The predicted molar refractivity (Wildman–Crippen MR) is 132 cm³/mol. The van der Waals surface area contributed by atoms with Crippen molar-refractivity contribution < 1.29 is 4.39 Å². The van der Waals surface area contributed by atoms with E-state index in [0.717, 1.165) is 32.1 Å². The summed E-state index contributed by atoms with van der Waals surface area (Å²) in [5.74, 6) is 0.588. The molecule has 0 fully saturated rings. The Morgan fingerprint density at radius 2 is 1.36 bits per heavy atom. The zero-order chi connectivity index (χ0) is 21.9. The summed E-state index contributed by atoms with van der Waals surface area (Å²) in [7, 11) is 0. The van der Waals surface area contributed by atoms with Gasteiger partial charge in [-0.05, 0) is 12.1 Å². The van der Waals surface area contributed by atoms with Gasteiger partial charge in [-0.3, -0.25) is 4.57 Å². The number of hydrogen-bond acceptors (Lipinski definition) is 4. The molecule has 0 unspecified atom stereocenters. The molecule has 7 aromatic rings. The van der Waals surface area contributed by atoms with Crippen LogP contribution in [0.25, 0.3) is 59.3 Å². The summed E-state index contributed by atoms with van der Waals surface area (Å²) < 4.78 is 19.0. The van der Waals surface area contributed by atoms with E-state index in [-0.39, 0.29) is 5.95 Å². The number of rotatable bonds is 2. The van der Waals surface area contributed by atoms with E-state index in [0.29, 0.717) is 5.82 Å². The van der Waals surface area contributed by atoms with E-state index >= 15 is 0 Å². The second kappa shape index (κ2) is 6.92. The molecule has 156 valence electrons. The van der Waals surface area contributed by atoms with Crippen molar-refractivity contribution in [3.63, 3.8) is 0 Å². The van der Waals surface area contributed by atoms with Crippen molar-refractivity contribution in [2.45, 2.75) is 0 Å². The van der Waals surface area contributed by atoms with Crippen LogP contribution in [0, 0.1) is 6.08 Å². The van der Waals surface area contributed by atoms with Crippen LogP contribution in [0.5, 0.6) is 0 Å². The molecule has 0 aliphatic carbocycles. The van der Waals surface area contributed by atoms with E-state index in [1.54, 1.807) is 11.3 Å². The number of hydrogen-bond donors (Lipinski definition) is 0. The van der Waals surface area contributed by atoms with Gasteiger partial charge in [0.25, 0.3) is 0 Å². The fraction of sp³-hybridized carbons (Fsp3) is 0. The number of aromatic nitrogens is 4. The highest BCUT2D eigenvalue weighted by Crippen LogP contribution is 2.42. The molecule has 0 N–H and O–H groups in total. The Morgan fingerprint density at radius 1 is 0.636 bits per heavy atom. The largest absolute Gasteiger partial charge is 0.313 e. The molecule has 0 saturated carbocycles. The van der Waals surface area contributed by atoms with Crippen molar-refractivity contribution in [2.24, 2.45) is 0 Å². The average molecular weight is 447 g/mol. The summed E-state index contributed by atoms with van der Waals surface area (Å²) in [5.41, 5.74) is 2.66. The fourth-order valence-corrected chi connectivity index (χ4v) is 5.83. The second-order valence-corrected chi connectivity index (χ2v) is 8.94. The molecule has 4 nitrogen and oxygen atoms in total. The van der Waals surface area contributed by atoms with Gasteiger partial charge in [0, 0.05) is 31.8 Å². The Kier molecular flexibility index (Phi) is 3.86. The van der Waals surface area contributed by atoms with Gasteiger partial charge in [-0.25, -0.2) is 0 Å². The van der Waals surface area contributed by atoms with Gasteiger partial charge in [0.2, 0.25) is 5.95 Å². The molecule has 3 heterocycles. The monoisotopic (exact) mass is 446 g/mol. The minimum absolute atomic E-state index is 0.275. The lowest BCUT2D eigenvalue weighted by Crippen LogP contribution is -2.06. The highest BCUT2D eigenvalue weighted by Gasteiger charge is 2.20. The number of benzene rings is 4. The van der Waals surface area contributed by atoms with Crippen LogP contribution < -0.4 is 0 Å². The van der Waals surface area contributed by atoms with Crippen molar-refractivity contribution in [3.8, 4) is 17.3 Å². The summed E-state index contributed by atoms with van der Waals surface area (Å²) in [6, 6.07) is 30.2. The lowest BCUT2D eigenvalue weighted by atomic mass is 10.1. The Labute approximate surface area is 191 Å². The molecular weight excluding hydrogens is 431 g/mol. The van der Waals surface area contributed by atoms with E-state index in [4.69, 9.17) is 4.98 Å². The molecule has 4 aromatic carbocycles. The van der Waals surface area contributed by atoms with Crippen LogP contribution in [-0.2, 0) is 0 Å². The SMILES string of the molecule is Fc1nc(-c2ccccc2)nc(-n2c3ccccc3c3ccc4c5ccccc5sc4c32)n1. The smallest absolute Gasteiger partial charge is 0.276 e. The van der Waals surface area contributed by atoms with Crippen LogP contribution in [0.4, 0.5) is 4.39 Å². The highest BCUT2D eigenvalue weighted by molar-refractivity contribution is 7.26. The van der Waals surface area contributed by atoms with Gasteiger partial charge in [-0.1, -0.05) is 78.9 Å². The first-order valence-corrected chi connectivity index (χ1v) is 11.4. The van der Waals surface area contributed by atoms with Gasteiger partial charge >= 0.3 is 6.08 Å². The van der Waals surface area contributed by atoms with Gasteiger partial charge in [-0.2, -0.15) is 19.3 Å². The first-order valence-electron chi connectivity index (χ1n) is 10.6. The normalized spacial score (nSPS) is 11.8. The number of halogens is 1. The van der Waals surface area contributed by atoms with Crippen LogP contribution in [-0.4, -0.2) is 19.5 Å².